The van der Waals surface area contributed by atoms with E-state index in [0.29, 0.717) is 21.2 Å². The maximum Gasteiger partial charge on any atom is 0.337 e. The summed E-state index contributed by atoms with van der Waals surface area (Å²) in [5.41, 5.74) is 1.10. The number of hydrogen-bond acceptors (Lipinski definition) is 1. The molecule has 0 amide bonds. The highest BCUT2D eigenvalue weighted by molar-refractivity contribution is 9.10. The normalized spacial score (nSPS) is 10.6. The van der Waals surface area contributed by atoms with Gasteiger partial charge in [-0.15, -0.1) is 0 Å². The molecule has 0 aliphatic heterocycles. The summed E-state index contributed by atoms with van der Waals surface area (Å²) in [6.07, 6.45) is 1.55. The molecule has 2 rings (SSSR count). The van der Waals surface area contributed by atoms with E-state index in [2.05, 4.69) is 15.9 Å². The van der Waals surface area contributed by atoms with Crippen LogP contribution in [-0.4, -0.2) is 15.6 Å². The second-order valence-corrected chi connectivity index (χ2v) is 5.38. The second kappa shape index (κ2) is 5.34. The summed E-state index contributed by atoms with van der Waals surface area (Å²) in [7, 11) is 0. The maximum atomic E-state index is 10.9. The first-order chi connectivity index (χ1) is 8.47. The lowest BCUT2D eigenvalue weighted by atomic mass is 10.2. The Kier molecular flexibility index (Phi) is 4.00. The van der Waals surface area contributed by atoms with Crippen LogP contribution in [0.3, 0.4) is 0 Å². The van der Waals surface area contributed by atoms with E-state index < -0.39 is 5.97 Å². The Morgan fingerprint density at radius 1 is 1.33 bits per heavy atom. The van der Waals surface area contributed by atoms with Gasteiger partial charge in [-0.25, -0.2) is 4.79 Å². The van der Waals surface area contributed by atoms with Crippen LogP contribution < -0.4 is 0 Å². The molecule has 1 aromatic carbocycles. The summed E-state index contributed by atoms with van der Waals surface area (Å²) < 4.78 is 2.45. The molecular formula is C12H8BrCl2NO2. The zero-order valence-corrected chi connectivity index (χ0v) is 12.1. The molecular weight excluding hydrogens is 341 g/mol. The fourth-order valence-electron chi connectivity index (χ4n) is 1.55. The first kappa shape index (κ1) is 13.5. The van der Waals surface area contributed by atoms with Crippen molar-refractivity contribution in [1.82, 2.24) is 4.57 Å². The minimum absolute atomic E-state index is 0.229. The Balaban J connectivity index is 2.31. The van der Waals surface area contributed by atoms with Crippen LogP contribution in [0.25, 0.3) is 0 Å². The van der Waals surface area contributed by atoms with Gasteiger partial charge in [0.15, 0.2) is 0 Å². The van der Waals surface area contributed by atoms with Crippen molar-refractivity contribution in [2.45, 2.75) is 6.54 Å². The van der Waals surface area contributed by atoms with E-state index in [9.17, 15) is 4.79 Å². The van der Waals surface area contributed by atoms with Crippen LogP contribution in [0.5, 0.6) is 0 Å². The van der Waals surface area contributed by atoms with Gasteiger partial charge < -0.3 is 9.67 Å². The number of aromatic carboxylic acids is 1. The first-order valence-electron chi connectivity index (χ1n) is 5.00. The van der Waals surface area contributed by atoms with Crippen LogP contribution in [0.4, 0.5) is 0 Å². The van der Waals surface area contributed by atoms with Crippen molar-refractivity contribution in [2.24, 2.45) is 0 Å². The molecule has 1 heterocycles. The van der Waals surface area contributed by atoms with Crippen molar-refractivity contribution in [3.8, 4) is 0 Å². The van der Waals surface area contributed by atoms with Gasteiger partial charge in [0.2, 0.25) is 0 Å². The fourth-order valence-corrected chi connectivity index (χ4v) is 2.49. The summed E-state index contributed by atoms with van der Waals surface area (Å²) in [6, 6.07) is 6.77. The van der Waals surface area contributed by atoms with Gasteiger partial charge in [-0.2, -0.15) is 0 Å². The Bertz CT molecular complexity index is 610. The number of carboxylic acids is 1. The van der Waals surface area contributed by atoms with Crippen LogP contribution in [0, 0.1) is 0 Å². The van der Waals surface area contributed by atoms with Crippen LogP contribution in [0.15, 0.2) is 35.1 Å². The molecule has 0 saturated carbocycles. The molecule has 0 saturated heterocycles. The van der Waals surface area contributed by atoms with Gasteiger partial charge >= 0.3 is 5.97 Å². The van der Waals surface area contributed by atoms with Gasteiger partial charge in [0.25, 0.3) is 0 Å². The largest absolute Gasteiger partial charge is 0.478 e. The number of aromatic nitrogens is 1. The van der Waals surface area contributed by atoms with Crippen molar-refractivity contribution < 1.29 is 9.90 Å². The molecule has 0 spiro atoms. The van der Waals surface area contributed by atoms with E-state index in [1.165, 1.54) is 0 Å². The minimum atomic E-state index is -0.961. The Morgan fingerprint density at radius 3 is 2.61 bits per heavy atom. The average molecular weight is 349 g/mol. The van der Waals surface area contributed by atoms with Crippen LogP contribution in [-0.2, 0) is 6.54 Å². The smallest absolute Gasteiger partial charge is 0.337 e. The molecule has 0 unspecified atom stereocenters. The molecule has 0 bridgehead atoms. The van der Waals surface area contributed by atoms with Crippen molar-refractivity contribution in [2.75, 3.05) is 0 Å². The van der Waals surface area contributed by atoms with Gasteiger partial charge in [0.05, 0.1) is 10.2 Å². The lowest BCUT2D eigenvalue weighted by Gasteiger charge is -2.07. The van der Waals surface area contributed by atoms with Gasteiger partial charge in [-0.3, -0.25) is 0 Å². The van der Waals surface area contributed by atoms with Crippen molar-refractivity contribution >= 4 is 45.1 Å². The van der Waals surface area contributed by atoms with E-state index >= 15 is 0 Å². The summed E-state index contributed by atoms with van der Waals surface area (Å²) in [5, 5.41) is 10.0. The van der Waals surface area contributed by atoms with E-state index in [4.69, 9.17) is 28.3 Å². The number of carboxylic acid groups (broad SMARTS) is 1. The summed E-state index contributed by atoms with van der Waals surface area (Å²) in [6.45, 7) is 0.476. The summed E-state index contributed by atoms with van der Waals surface area (Å²) >= 11 is 15.2. The van der Waals surface area contributed by atoms with Crippen LogP contribution in [0.2, 0.25) is 10.0 Å². The Hall–Kier alpha value is -0.970. The number of rotatable bonds is 3. The van der Waals surface area contributed by atoms with Crippen molar-refractivity contribution in [1.29, 1.82) is 0 Å². The number of hydrogen-bond donors (Lipinski definition) is 1. The predicted molar refractivity (Wildman–Crippen MR) is 74.7 cm³/mol. The highest BCUT2D eigenvalue weighted by Crippen LogP contribution is 2.24. The van der Waals surface area contributed by atoms with Crippen molar-refractivity contribution in [3.63, 3.8) is 0 Å². The molecule has 94 valence electrons. The molecule has 0 fully saturated rings. The SMILES string of the molecule is O=C(O)c1cc(Br)n(Cc2ccc(Cl)cc2Cl)c1. The lowest BCUT2D eigenvalue weighted by molar-refractivity contribution is 0.0697. The topological polar surface area (TPSA) is 42.2 Å². The number of nitrogens with zero attached hydrogens (tertiary/aromatic N) is 1. The third-order valence-electron chi connectivity index (χ3n) is 2.45. The van der Waals surface area contributed by atoms with Gasteiger partial charge in [0, 0.05) is 22.8 Å². The fraction of sp³-hybridized carbons (Fsp3) is 0.0833. The maximum absolute atomic E-state index is 10.9. The van der Waals surface area contributed by atoms with E-state index in [1.54, 1.807) is 29.0 Å². The average Bonchev–Trinajstić information content (AvgIpc) is 2.64. The number of carbonyl (C=O) groups is 1. The predicted octanol–water partition coefficient (Wildman–Crippen LogP) is 4.30. The van der Waals surface area contributed by atoms with Crippen LogP contribution >= 0.6 is 39.1 Å². The number of benzene rings is 1. The highest BCUT2D eigenvalue weighted by Gasteiger charge is 2.10. The molecule has 0 aliphatic rings. The molecule has 3 nitrogen and oxygen atoms in total. The van der Waals surface area contributed by atoms with Crippen molar-refractivity contribution in [3.05, 3.63) is 56.2 Å². The van der Waals surface area contributed by atoms with E-state index in [0.717, 1.165) is 5.56 Å². The van der Waals surface area contributed by atoms with E-state index in [1.807, 2.05) is 6.07 Å². The lowest BCUT2D eigenvalue weighted by Crippen LogP contribution is -2.00. The van der Waals surface area contributed by atoms with Gasteiger partial charge in [-0.05, 0) is 39.7 Å². The van der Waals surface area contributed by atoms with Gasteiger partial charge in [-0.1, -0.05) is 29.3 Å². The number of halogens is 3. The first-order valence-corrected chi connectivity index (χ1v) is 6.55. The molecule has 1 N–H and O–H groups in total. The molecule has 0 aliphatic carbocycles. The molecule has 2 aromatic rings. The van der Waals surface area contributed by atoms with E-state index in [-0.39, 0.29) is 5.56 Å². The highest BCUT2D eigenvalue weighted by atomic mass is 79.9. The Labute approximate surface area is 122 Å². The second-order valence-electron chi connectivity index (χ2n) is 3.72. The molecule has 6 heteroatoms. The molecule has 18 heavy (non-hydrogen) atoms. The summed E-state index contributed by atoms with van der Waals surface area (Å²) in [4.78, 5) is 10.9. The summed E-state index contributed by atoms with van der Waals surface area (Å²) in [5.74, 6) is -0.961. The Morgan fingerprint density at radius 2 is 2.06 bits per heavy atom. The molecule has 0 atom stereocenters. The molecule has 1 aromatic heterocycles. The quantitative estimate of drug-likeness (QED) is 0.898. The molecule has 0 radical (unpaired) electrons. The monoisotopic (exact) mass is 347 g/mol. The minimum Gasteiger partial charge on any atom is -0.478 e. The van der Waals surface area contributed by atoms with Crippen LogP contribution in [0.1, 0.15) is 15.9 Å². The zero-order valence-electron chi connectivity index (χ0n) is 9.03. The third kappa shape index (κ3) is 2.88. The third-order valence-corrected chi connectivity index (χ3v) is 3.72. The standard InChI is InChI=1S/C12H8BrCl2NO2/c13-11-3-8(12(17)18)6-16(11)5-7-1-2-9(14)4-10(7)15/h1-4,6H,5H2,(H,17,18). The van der Waals surface area contributed by atoms with Gasteiger partial charge in [0.1, 0.15) is 0 Å². The zero-order chi connectivity index (χ0) is 13.3.